The Morgan fingerprint density at radius 3 is 2.75 bits per heavy atom. The molecular formula is C10H14N2O3S. The molecule has 0 atom stereocenters. The van der Waals surface area contributed by atoms with Crippen molar-refractivity contribution in [1.29, 1.82) is 0 Å². The van der Waals surface area contributed by atoms with Crippen LogP contribution in [-0.2, 0) is 4.74 Å². The van der Waals surface area contributed by atoms with Gasteiger partial charge in [0.15, 0.2) is 0 Å². The number of rotatable bonds is 3. The number of urea groups is 1. The molecule has 2 N–H and O–H groups in total. The molecule has 2 amide bonds. The van der Waals surface area contributed by atoms with E-state index in [4.69, 9.17) is 4.74 Å². The van der Waals surface area contributed by atoms with E-state index in [1.807, 2.05) is 6.92 Å². The van der Waals surface area contributed by atoms with Crippen molar-refractivity contribution < 1.29 is 14.3 Å². The quantitative estimate of drug-likeness (QED) is 0.796. The highest BCUT2D eigenvalue weighted by Gasteiger charge is 2.17. The lowest BCUT2D eigenvalue weighted by atomic mass is 10.3. The fourth-order valence-corrected chi connectivity index (χ4v) is 2.03. The van der Waals surface area contributed by atoms with Crippen LogP contribution in [0.5, 0.6) is 0 Å². The van der Waals surface area contributed by atoms with E-state index in [-0.39, 0.29) is 6.03 Å². The van der Waals surface area contributed by atoms with E-state index in [9.17, 15) is 9.59 Å². The molecule has 0 spiro atoms. The molecule has 0 fully saturated rings. The molecule has 0 unspecified atom stereocenters. The van der Waals surface area contributed by atoms with Gasteiger partial charge in [-0.3, -0.25) is 5.32 Å². The van der Waals surface area contributed by atoms with E-state index >= 15 is 0 Å². The first kappa shape index (κ1) is 12.5. The molecule has 1 heterocycles. The predicted octanol–water partition coefficient (Wildman–Crippen LogP) is 1.98. The molecule has 0 aliphatic carbocycles. The number of anilines is 1. The van der Waals surface area contributed by atoms with Gasteiger partial charge in [0, 0.05) is 11.9 Å². The van der Waals surface area contributed by atoms with Crippen LogP contribution in [0.15, 0.2) is 6.07 Å². The van der Waals surface area contributed by atoms with Crippen molar-refractivity contribution in [3.63, 3.8) is 0 Å². The van der Waals surface area contributed by atoms with Crippen molar-refractivity contribution in [2.45, 2.75) is 13.8 Å². The van der Waals surface area contributed by atoms with Crippen molar-refractivity contribution in [1.82, 2.24) is 5.32 Å². The predicted molar refractivity (Wildman–Crippen MR) is 63.1 cm³/mol. The van der Waals surface area contributed by atoms with Crippen LogP contribution >= 0.6 is 11.3 Å². The molecule has 88 valence electrons. The van der Waals surface area contributed by atoms with Gasteiger partial charge >= 0.3 is 12.0 Å². The summed E-state index contributed by atoms with van der Waals surface area (Å²) in [4.78, 5) is 23.7. The van der Waals surface area contributed by atoms with Gasteiger partial charge in [0.2, 0.25) is 0 Å². The van der Waals surface area contributed by atoms with Gasteiger partial charge in [-0.1, -0.05) is 0 Å². The Bertz CT molecular complexity index is 401. The number of thiophene rings is 1. The van der Waals surface area contributed by atoms with E-state index in [1.165, 1.54) is 18.4 Å². The number of aryl methyl sites for hydroxylation is 1. The average Bonchev–Trinajstić information content (AvgIpc) is 2.59. The zero-order valence-corrected chi connectivity index (χ0v) is 10.2. The third-order valence-corrected chi connectivity index (χ3v) is 2.77. The highest BCUT2D eigenvalue weighted by molar-refractivity contribution is 7.16. The fourth-order valence-electron chi connectivity index (χ4n) is 1.13. The van der Waals surface area contributed by atoms with Crippen molar-refractivity contribution in [3.05, 3.63) is 16.5 Å². The van der Waals surface area contributed by atoms with Gasteiger partial charge < -0.3 is 10.1 Å². The topological polar surface area (TPSA) is 67.4 Å². The number of carbonyl (C=O) groups is 2. The van der Waals surface area contributed by atoms with Crippen LogP contribution in [0.2, 0.25) is 0 Å². The number of esters is 1. The zero-order valence-electron chi connectivity index (χ0n) is 9.42. The molecule has 0 saturated heterocycles. The summed E-state index contributed by atoms with van der Waals surface area (Å²) >= 11 is 1.34. The second-order valence-corrected chi connectivity index (χ2v) is 4.28. The van der Waals surface area contributed by atoms with E-state index in [1.54, 1.807) is 13.0 Å². The summed E-state index contributed by atoms with van der Waals surface area (Å²) in [6.07, 6.45) is 0. The van der Waals surface area contributed by atoms with E-state index < -0.39 is 5.97 Å². The summed E-state index contributed by atoms with van der Waals surface area (Å²) in [5.41, 5.74) is 0.396. The van der Waals surface area contributed by atoms with Crippen molar-refractivity contribution in [2.75, 3.05) is 19.0 Å². The zero-order chi connectivity index (χ0) is 12.1. The maximum Gasteiger partial charge on any atom is 0.341 e. The maximum atomic E-state index is 11.6. The molecule has 0 radical (unpaired) electrons. The third-order valence-electron chi connectivity index (χ3n) is 1.80. The van der Waals surface area contributed by atoms with Gasteiger partial charge in [-0.05, 0) is 19.9 Å². The van der Waals surface area contributed by atoms with Crippen LogP contribution in [0.25, 0.3) is 0 Å². The third kappa shape index (κ3) is 2.96. The van der Waals surface area contributed by atoms with Gasteiger partial charge in [0.1, 0.15) is 5.00 Å². The molecule has 0 saturated carbocycles. The van der Waals surface area contributed by atoms with Gasteiger partial charge in [-0.25, -0.2) is 9.59 Å². The monoisotopic (exact) mass is 242 g/mol. The summed E-state index contributed by atoms with van der Waals surface area (Å²) < 4.78 is 4.89. The minimum absolute atomic E-state index is 0.313. The van der Waals surface area contributed by atoms with Gasteiger partial charge in [0.25, 0.3) is 0 Å². The highest BCUT2D eigenvalue weighted by atomic mass is 32.1. The van der Waals surface area contributed by atoms with E-state index in [2.05, 4.69) is 10.6 Å². The average molecular weight is 242 g/mol. The van der Waals surface area contributed by atoms with Crippen molar-refractivity contribution >= 4 is 28.3 Å². The van der Waals surface area contributed by atoms with Crippen LogP contribution in [0.3, 0.4) is 0 Å². The molecule has 5 nitrogen and oxygen atoms in total. The molecule has 0 aliphatic rings. The van der Waals surface area contributed by atoms with E-state index in [0.29, 0.717) is 17.2 Å². The molecule has 1 aromatic rings. The highest BCUT2D eigenvalue weighted by Crippen LogP contribution is 2.28. The molecule has 1 aromatic heterocycles. The van der Waals surface area contributed by atoms with Crippen LogP contribution in [0.4, 0.5) is 9.80 Å². The molecule has 0 aliphatic heterocycles. The molecule has 0 bridgehead atoms. The first-order valence-electron chi connectivity index (χ1n) is 4.84. The van der Waals surface area contributed by atoms with Crippen molar-refractivity contribution in [3.8, 4) is 0 Å². The van der Waals surface area contributed by atoms with Crippen LogP contribution in [0, 0.1) is 6.92 Å². The lowest BCUT2D eigenvalue weighted by Gasteiger charge is -2.04. The first-order valence-corrected chi connectivity index (χ1v) is 5.66. The Morgan fingerprint density at radius 1 is 1.50 bits per heavy atom. The largest absolute Gasteiger partial charge is 0.462 e. The van der Waals surface area contributed by atoms with E-state index in [0.717, 1.165) is 4.88 Å². The minimum Gasteiger partial charge on any atom is -0.462 e. The van der Waals surface area contributed by atoms with Crippen molar-refractivity contribution in [2.24, 2.45) is 0 Å². The Labute approximate surface area is 97.8 Å². The molecular weight excluding hydrogens is 228 g/mol. The number of hydrogen-bond donors (Lipinski definition) is 2. The van der Waals surface area contributed by atoms with Crippen LogP contribution in [-0.4, -0.2) is 25.7 Å². The second kappa shape index (κ2) is 5.50. The Balaban J connectivity index is 2.91. The van der Waals surface area contributed by atoms with Gasteiger partial charge in [-0.2, -0.15) is 0 Å². The minimum atomic E-state index is -0.418. The summed E-state index contributed by atoms with van der Waals surface area (Å²) in [5.74, 6) is -0.418. The first-order chi connectivity index (χ1) is 7.58. The summed E-state index contributed by atoms with van der Waals surface area (Å²) in [6.45, 7) is 3.92. The van der Waals surface area contributed by atoms with Gasteiger partial charge in [-0.15, -0.1) is 11.3 Å². The fraction of sp³-hybridized carbons (Fsp3) is 0.400. The Kier molecular flexibility index (Phi) is 4.30. The Hall–Kier alpha value is -1.56. The SMILES string of the molecule is CCOC(=O)c1cc(C)sc1NC(=O)NC. The maximum absolute atomic E-state index is 11.6. The van der Waals surface area contributed by atoms with Gasteiger partial charge in [0.05, 0.1) is 12.2 Å². The Morgan fingerprint density at radius 2 is 2.19 bits per heavy atom. The standard InChI is InChI=1S/C10H14N2O3S/c1-4-15-9(13)7-5-6(2)16-8(7)12-10(14)11-3/h5H,4H2,1-3H3,(H2,11,12,14). The smallest absolute Gasteiger partial charge is 0.341 e. The normalized spacial score (nSPS) is 9.69. The molecule has 6 heteroatoms. The number of hydrogen-bond acceptors (Lipinski definition) is 4. The summed E-state index contributed by atoms with van der Waals surface area (Å²) in [5, 5.41) is 5.52. The molecule has 16 heavy (non-hydrogen) atoms. The number of ether oxygens (including phenoxy) is 1. The number of carbonyl (C=O) groups excluding carboxylic acids is 2. The second-order valence-electron chi connectivity index (χ2n) is 3.02. The lowest BCUT2D eigenvalue weighted by Crippen LogP contribution is -2.24. The molecule has 0 aromatic carbocycles. The molecule has 1 rings (SSSR count). The van der Waals surface area contributed by atoms with Crippen LogP contribution in [0.1, 0.15) is 22.2 Å². The summed E-state index contributed by atoms with van der Waals surface area (Å²) in [7, 11) is 1.51. The summed E-state index contributed by atoms with van der Waals surface area (Å²) in [6, 6.07) is 1.35. The number of nitrogens with one attached hydrogen (secondary N) is 2. The van der Waals surface area contributed by atoms with Crippen LogP contribution < -0.4 is 10.6 Å². The number of amides is 2. The lowest BCUT2D eigenvalue weighted by molar-refractivity contribution is 0.0528.